The summed E-state index contributed by atoms with van der Waals surface area (Å²) in [6.45, 7) is 12.0. The molecule has 152 valence electrons. The number of H-pyrrole nitrogens is 1. The van der Waals surface area contributed by atoms with Gasteiger partial charge in [0.1, 0.15) is 11.4 Å². The Morgan fingerprint density at radius 2 is 1.66 bits per heavy atom. The van der Waals surface area contributed by atoms with Crippen molar-refractivity contribution in [2.45, 2.75) is 52.4 Å². The zero-order valence-electron chi connectivity index (χ0n) is 17.8. The molecule has 0 radical (unpaired) electrons. The average Bonchev–Trinajstić information content (AvgIpc) is 3.01. The number of aliphatic carboxylic acids is 1. The molecule has 0 saturated carbocycles. The molecule has 0 aliphatic rings. The first-order chi connectivity index (χ1) is 13.4. The van der Waals surface area contributed by atoms with Crippen LogP contribution in [0, 0.1) is 0 Å². The summed E-state index contributed by atoms with van der Waals surface area (Å²) in [6, 6.07) is 7.31. The first-order valence-corrected chi connectivity index (χ1v) is 9.65. The van der Waals surface area contributed by atoms with Gasteiger partial charge in [0.15, 0.2) is 0 Å². The number of phenolic OH excluding ortho intramolecular Hbond substituents is 1. The third-order valence-corrected chi connectivity index (χ3v) is 5.05. The molecule has 0 atom stereocenters. The number of hydrogen-bond acceptors (Lipinski definition) is 3. The molecule has 3 rings (SSSR count). The van der Waals surface area contributed by atoms with Crippen molar-refractivity contribution in [3.05, 3.63) is 58.9 Å². The molecule has 3 aromatic rings. The zero-order valence-corrected chi connectivity index (χ0v) is 17.8. The molecule has 3 N–H and O–H groups in total. The molecule has 0 aliphatic carbocycles. The van der Waals surface area contributed by atoms with Gasteiger partial charge in [0.05, 0.1) is 5.57 Å². The van der Waals surface area contributed by atoms with Gasteiger partial charge in [-0.2, -0.15) is 0 Å². The number of aromatic amines is 1. The summed E-state index contributed by atoms with van der Waals surface area (Å²) in [5.41, 5.74) is 2.99. The average molecular weight is 392 g/mol. The lowest BCUT2D eigenvalue weighted by Crippen LogP contribution is -2.18. The fraction of sp³-hybridized carbons (Fsp3) is 0.333. The summed E-state index contributed by atoms with van der Waals surface area (Å²) in [5.74, 6) is -0.788. The van der Waals surface area contributed by atoms with E-state index in [2.05, 4.69) is 9.97 Å². The predicted molar refractivity (Wildman–Crippen MR) is 117 cm³/mol. The van der Waals surface area contributed by atoms with Crippen LogP contribution in [0.15, 0.2) is 36.7 Å². The second-order valence-electron chi connectivity index (χ2n) is 9.43. The Kier molecular flexibility index (Phi) is 5.03. The predicted octanol–water partition coefficient (Wildman–Crippen LogP) is 5.49. The number of carboxylic acid groups (broad SMARTS) is 1. The molecule has 5 nitrogen and oxygen atoms in total. The molecule has 5 heteroatoms. The fourth-order valence-corrected chi connectivity index (χ4v) is 3.45. The topological polar surface area (TPSA) is 86.2 Å². The molecule has 0 unspecified atom stereocenters. The molecular weight excluding hydrogens is 364 g/mol. The van der Waals surface area contributed by atoms with Crippen LogP contribution in [0.5, 0.6) is 5.75 Å². The van der Waals surface area contributed by atoms with Crippen LogP contribution in [-0.4, -0.2) is 26.2 Å². The van der Waals surface area contributed by atoms with E-state index >= 15 is 0 Å². The monoisotopic (exact) mass is 392 g/mol. The van der Waals surface area contributed by atoms with Crippen molar-refractivity contribution < 1.29 is 15.0 Å². The minimum Gasteiger partial charge on any atom is -0.507 e. The molecule has 0 aliphatic heterocycles. The molecule has 0 bridgehead atoms. The SMILES string of the molecule is CC(C)(C)c1cc(/C(=C/c2c[nH]c3ncccc23)C(=O)O)cc(C(C)(C)C)c1O. The van der Waals surface area contributed by atoms with Gasteiger partial charge in [0.25, 0.3) is 0 Å². The summed E-state index contributed by atoms with van der Waals surface area (Å²) >= 11 is 0. The normalized spacial score (nSPS) is 13.1. The highest BCUT2D eigenvalue weighted by Gasteiger charge is 2.28. The van der Waals surface area contributed by atoms with Gasteiger partial charge < -0.3 is 15.2 Å². The molecule has 1 aromatic carbocycles. The third-order valence-electron chi connectivity index (χ3n) is 5.05. The number of hydrogen-bond donors (Lipinski definition) is 3. The minimum atomic E-state index is -1.02. The number of nitrogens with zero attached hydrogens (tertiary/aromatic N) is 1. The van der Waals surface area contributed by atoms with Crippen LogP contribution < -0.4 is 0 Å². The van der Waals surface area contributed by atoms with Crippen molar-refractivity contribution in [2.24, 2.45) is 0 Å². The molecule has 0 spiro atoms. The Hall–Kier alpha value is -3.08. The molecule has 0 saturated heterocycles. The minimum absolute atomic E-state index is 0.172. The number of aromatic hydroxyl groups is 1. The van der Waals surface area contributed by atoms with Gasteiger partial charge >= 0.3 is 5.97 Å². The zero-order chi connectivity index (χ0) is 21.6. The van der Waals surface area contributed by atoms with Gasteiger partial charge in [-0.1, -0.05) is 41.5 Å². The van der Waals surface area contributed by atoms with Crippen LogP contribution in [0.2, 0.25) is 0 Å². The Balaban J connectivity index is 2.29. The molecular formula is C24H28N2O3. The number of pyridine rings is 1. The van der Waals surface area contributed by atoms with E-state index in [0.717, 1.165) is 22.1 Å². The van der Waals surface area contributed by atoms with Crippen LogP contribution >= 0.6 is 0 Å². The summed E-state index contributed by atoms with van der Waals surface area (Å²) in [6.07, 6.45) is 5.11. The summed E-state index contributed by atoms with van der Waals surface area (Å²) in [4.78, 5) is 19.6. The lowest BCUT2D eigenvalue weighted by Gasteiger charge is -2.28. The summed E-state index contributed by atoms with van der Waals surface area (Å²) < 4.78 is 0. The van der Waals surface area contributed by atoms with E-state index in [1.165, 1.54) is 0 Å². The number of phenols is 1. The number of carbonyl (C=O) groups is 1. The van der Waals surface area contributed by atoms with Gasteiger partial charge in [-0.25, -0.2) is 9.78 Å². The lowest BCUT2D eigenvalue weighted by atomic mass is 9.77. The first kappa shape index (κ1) is 20.6. The fourth-order valence-electron chi connectivity index (χ4n) is 3.45. The van der Waals surface area contributed by atoms with Crippen LogP contribution in [0.4, 0.5) is 0 Å². The van der Waals surface area contributed by atoms with Crippen LogP contribution in [-0.2, 0) is 15.6 Å². The van der Waals surface area contributed by atoms with Crippen molar-refractivity contribution in [2.75, 3.05) is 0 Å². The summed E-state index contributed by atoms with van der Waals surface area (Å²) in [7, 11) is 0. The summed E-state index contributed by atoms with van der Waals surface area (Å²) in [5, 5.41) is 21.8. The van der Waals surface area contributed by atoms with Gasteiger partial charge in [0, 0.05) is 34.5 Å². The first-order valence-electron chi connectivity index (χ1n) is 9.65. The highest BCUT2D eigenvalue weighted by Crippen LogP contribution is 2.41. The molecule has 2 heterocycles. The third kappa shape index (κ3) is 4.04. The maximum atomic E-state index is 12.2. The van der Waals surface area contributed by atoms with Gasteiger partial charge in [0.2, 0.25) is 0 Å². The molecule has 0 fully saturated rings. The maximum Gasteiger partial charge on any atom is 0.336 e. The van der Waals surface area contributed by atoms with Crippen molar-refractivity contribution in [3.8, 4) is 5.75 Å². The van der Waals surface area contributed by atoms with Crippen LogP contribution in [0.25, 0.3) is 22.7 Å². The van der Waals surface area contributed by atoms with Crippen molar-refractivity contribution in [3.63, 3.8) is 0 Å². The molecule has 29 heavy (non-hydrogen) atoms. The lowest BCUT2D eigenvalue weighted by molar-refractivity contribution is -0.130. The van der Waals surface area contributed by atoms with Gasteiger partial charge in [-0.05, 0) is 46.7 Å². The van der Waals surface area contributed by atoms with E-state index in [9.17, 15) is 15.0 Å². The highest BCUT2D eigenvalue weighted by atomic mass is 16.4. The Morgan fingerprint density at radius 1 is 1.07 bits per heavy atom. The smallest absolute Gasteiger partial charge is 0.336 e. The van der Waals surface area contributed by atoms with Crippen molar-refractivity contribution in [1.82, 2.24) is 9.97 Å². The number of carboxylic acids is 1. The number of benzene rings is 1. The number of aromatic nitrogens is 2. The van der Waals surface area contributed by atoms with E-state index < -0.39 is 5.97 Å². The van der Waals surface area contributed by atoms with E-state index in [-0.39, 0.29) is 22.2 Å². The number of rotatable bonds is 3. The molecule has 2 aromatic heterocycles. The Morgan fingerprint density at radius 3 is 2.17 bits per heavy atom. The van der Waals surface area contributed by atoms with Crippen molar-refractivity contribution >= 4 is 28.7 Å². The van der Waals surface area contributed by atoms with Gasteiger partial charge in [-0.15, -0.1) is 0 Å². The van der Waals surface area contributed by atoms with E-state index in [0.29, 0.717) is 11.2 Å². The highest BCUT2D eigenvalue weighted by molar-refractivity contribution is 6.21. The van der Waals surface area contributed by atoms with E-state index in [1.54, 1.807) is 30.6 Å². The quantitative estimate of drug-likeness (QED) is 0.515. The Bertz CT molecular complexity index is 1070. The molecule has 0 amide bonds. The number of nitrogens with one attached hydrogen (secondary N) is 1. The van der Waals surface area contributed by atoms with Crippen molar-refractivity contribution in [1.29, 1.82) is 0 Å². The maximum absolute atomic E-state index is 12.2. The second-order valence-corrected chi connectivity index (χ2v) is 9.43. The van der Waals surface area contributed by atoms with Crippen LogP contribution in [0.1, 0.15) is 63.8 Å². The van der Waals surface area contributed by atoms with E-state index in [4.69, 9.17) is 0 Å². The number of fused-ring (bicyclic) bond motifs is 1. The second kappa shape index (κ2) is 7.07. The van der Waals surface area contributed by atoms with Crippen LogP contribution in [0.3, 0.4) is 0 Å². The van der Waals surface area contributed by atoms with E-state index in [1.807, 2.05) is 53.7 Å². The largest absolute Gasteiger partial charge is 0.507 e. The van der Waals surface area contributed by atoms with Gasteiger partial charge in [-0.3, -0.25) is 0 Å². The standard InChI is InChI=1S/C24H28N2O3/c1-23(2,3)18-11-14(12-19(20(18)27)24(4,5)6)17(22(28)29)10-15-13-26-21-16(15)8-7-9-25-21/h7-13,27H,1-6H3,(H,25,26)(H,28,29)/b17-10-. The Labute approximate surface area is 171 Å².